The smallest absolute Gasteiger partial charge is 0.243 e. The van der Waals surface area contributed by atoms with Crippen LogP contribution < -0.4 is 5.73 Å². The van der Waals surface area contributed by atoms with Crippen LogP contribution in [-0.4, -0.2) is 25.3 Å². The van der Waals surface area contributed by atoms with Gasteiger partial charge in [-0.2, -0.15) is 4.31 Å². The molecule has 1 aromatic rings. The van der Waals surface area contributed by atoms with E-state index in [4.69, 9.17) is 17.3 Å². The van der Waals surface area contributed by atoms with Crippen molar-refractivity contribution in [1.82, 2.24) is 4.31 Å². The Labute approximate surface area is 119 Å². The minimum atomic E-state index is -3.52. The number of hydrogen-bond donors (Lipinski definition) is 1. The number of benzene rings is 1. The highest BCUT2D eigenvalue weighted by Gasteiger charge is 2.32. The van der Waals surface area contributed by atoms with Gasteiger partial charge in [-0.25, -0.2) is 8.42 Å². The van der Waals surface area contributed by atoms with Crippen LogP contribution >= 0.6 is 11.6 Å². The second kappa shape index (κ2) is 5.31. The molecule has 1 fully saturated rings. The van der Waals surface area contributed by atoms with Gasteiger partial charge in [0.1, 0.15) is 0 Å². The van der Waals surface area contributed by atoms with Crippen molar-refractivity contribution in [2.75, 3.05) is 12.3 Å². The molecule has 0 bridgehead atoms. The maximum atomic E-state index is 12.7. The van der Waals surface area contributed by atoms with Gasteiger partial charge in [-0.1, -0.05) is 18.0 Å². The molecule has 1 unspecified atom stereocenters. The Morgan fingerprint density at radius 1 is 1.37 bits per heavy atom. The molecule has 2 rings (SSSR count). The van der Waals surface area contributed by atoms with Gasteiger partial charge < -0.3 is 5.73 Å². The highest BCUT2D eigenvalue weighted by Crippen LogP contribution is 2.31. The third-order valence-electron chi connectivity index (χ3n) is 3.69. The highest BCUT2D eigenvalue weighted by atomic mass is 35.5. The Bertz CT molecular complexity index is 587. The fourth-order valence-corrected chi connectivity index (χ4v) is 4.77. The Kier molecular flexibility index (Phi) is 4.08. The first-order valence-electron chi connectivity index (χ1n) is 6.41. The predicted octanol–water partition coefficient (Wildman–Crippen LogP) is 2.79. The fraction of sp³-hybridized carbons (Fsp3) is 0.538. The molecule has 19 heavy (non-hydrogen) atoms. The van der Waals surface area contributed by atoms with Gasteiger partial charge in [0, 0.05) is 23.3 Å². The largest absolute Gasteiger partial charge is 0.398 e. The number of nitrogens with two attached hydrogens (primary N) is 1. The van der Waals surface area contributed by atoms with Gasteiger partial charge in [0.15, 0.2) is 0 Å². The van der Waals surface area contributed by atoms with Crippen molar-refractivity contribution in [1.29, 1.82) is 0 Å². The summed E-state index contributed by atoms with van der Waals surface area (Å²) in [6, 6.07) is 3.10. The van der Waals surface area contributed by atoms with Crippen LogP contribution in [0.25, 0.3) is 0 Å². The first kappa shape index (κ1) is 14.6. The fourth-order valence-electron chi connectivity index (χ4n) is 2.50. The van der Waals surface area contributed by atoms with Gasteiger partial charge in [0.2, 0.25) is 10.0 Å². The average molecular weight is 303 g/mol. The molecule has 6 heteroatoms. The Hall–Kier alpha value is -0.780. The number of piperidine rings is 1. The highest BCUT2D eigenvalue weighted by molar-refractivity contribution is 7.89. The molecule has 0 aliphatic carbocycles. The molecule has 0 spiro atoms. The lowest BCUT2D eigenvalue weighted by atomic mass is 10.1. The quantitative estimate of drug-likeness (QED) is 0.854. The van der Waals surface area contributed by atoms with E-state index in [2.05, 4.69) is 0 Å². The topological polar surface area (TPSA) is 63.4 Å². The van der Waals surface area contributed by atoms with Gasteiger partial charge in [0.25, 0.3) is 0 Å². The van der Waals surface area contributed by atoms with Crippen LogP contribution in [0.1, 0.15) is 31.7 Å². The normalized spacial score (nSPS) is 21.5. The molecule has 0 saturated carbocycles. The van der Waals surface area contributed by atoms with E-state index in [-0.39, 0.29) is 10.9 Å². The zero-order valence-electron chi connectivity index (χ0n) is 11.2. The summed E-state index contributed by atoms with van der Waals surface area (Å²) in [5.41, 5.74) is 6.80. The van der Waals surface area contributed by atoms with E-state index in [0.717, 1.165) is 19.3 Å². The summed E-state index contributed by atoms with van der Waals surface area (Å²) in [7, 11) is -3.52. The van der Waals surface area contributed by atoms with Crippen LogP contribution in [0.5, 0.6) is 0 Å². The Morgan fingerprint density at radius 3 is 2.68 bits per heavy atom. The molecule has 106 valence electrons. The predicted molar refractivity (Wildman–Crippen MR) is 77.8 cm³/mol. The molecule has 4 nitrogen and oxygen atoms in total. The van der Waals surface area contributed by atoms with Gasteiger partial charge in [-0.15, -0.1) is 0 Å². The molecule has 1 atom stereocenters. The molecular weight excluding hydrogens is 284 g/mol. The number of sulfonamides is 1. The lowest BCUT2D eigenvalue weighted by Gasteiger charge is -2.32. The molecular formula is C13H19ClN2O2S. The average Bonchev–Trinajstić information content (AvgIpc) is 2.34. The number of nitrogen functional groups attached to an aromatic ring is 1. The van der Waals surface area contributed by atoms with Crippen molar-refractivity contribution >= 4 is 27.3 Å². The number of anilines is 1. The SMILES string of the molecule is Cc1c(N)cc(Cl)cc1S(=O)(=O)N1CCCCC1C. The van der Waals surface area contributed by atoms with Gasteiger partial charge in [-0.3, -0.25) is 0 Å². The van der Waals surface area contributed by atoms with E-state index in [1.54, 1.807) is 17.3 Å². The molecule has 1 heterocycles. The minimum Gasteiger partial charge on any atom is -0.398 e. The van der Waals surface area contributed by atoms with Gasteiger partial charge in [-0.05, 0) is 44.4 Å². The molecule has 1 saturated heterocycles. The van der Waals surface area contributed by atoms with E-state index in [1.807, 2.05) is 6.92 Å². The minimum absolute atomic E-state index is 0.0263. The lowest BCUT2D eigenvalue weighted by Crippen LogP contribution is -2.42. The van der Waals surface area contributed by atoms with Gasteiger partial charge >= 0.3 is 0 Å². The molecule has 1 aliphatic rings. The molecule has 2 N–H and O–H groups in total. The standard InChI is InChI=1S/C13H19ClN2O2S/c1-9-5-3-4-6-16(9)19(17,18)13-8-11(14)7-12(15)10(13)2/h7-9H,3-6,15H2,1-2H3. The summed E-state index contributed by atoms with van der Waals surface area (Å²) in [5.74, 6) is 0. The second-order valence-electron chi connectivity index (χ2n) is 5.08. The van der Waals surface area contributed by atoms with Crippen LogP contribution in [0.2, 0.25) is 5.02 Å². The van der Waals surface area contributed by atoms with Crippen LogP contribution in [0.4, 0.5) is 5.69 Å². The molecule has 1 aliphatic heterocycles. The zero-order chi connectivity index (χ0) is 14.2. The molecule has 0 radical (unpaired) electrons. The summed E-state index contributed by atoms with van der Waals surface area (Å²) < 4.78 is 27.0. The Balaban J connectivity index is 2.50. The lowest BCUT2D eigenvalue weighted by molar-refractivity contribution is 0.268. The number of halogens is 1. The summed E-state index contributed by atoms with van der Waals surface area (Å²) in [6.45, 7) is 4.22. The van der Waals surface area contributed by atoms with E-state index in [9.17, 15) is 8.42 Å². The second-order valence-corrected chi connectivity index (χ2v) is 7.37. The van der Waals surface area contributed by atoms with E-state index in [1.165, 1.54) is 6.07 Å². The van der Waals surface area contributed by atoms with Crippen molar-refractivity contribution in [2.24, 2.45) is 0 Å². The van der Waals surface area contributed by atoms with Crippen LogP contribution in [0.15, 0.2) is 17.0 Å². The van der Waals surface area contributed by atoms with Crippen molar-refractivity contribution < 1.29 is 8.42 Å². The third kappa shape index (κ3) is 2.73. The van der Waals surface area contributed by atoms with E-state index < -0.39 is 10.0 Å². The van der Waals surface area contributed by atoms with E-state index >= 15 is 0 Å². The summed E-state index contributed by atoms with van der Waals surface area (Å²) in [5, 5.41) is 0.353. The molecule has 0 amide bonds. The van der Waals surface area contributed by atoms with Crippen molar-refractivity contribution in [3.05, 3.63) is 22.7 Å². The first-order valence-corrected chi connectivity index (χ1v) is 8.23. The Morgan fingerprint density at radius 2 is 2.05 bits per heavy atom. The summed E-state index contributed by atoms with van der Waals surface area (Å²) in [6.07, 6.45) is 2.87. The van der Waals surface area contributed by atoms with Crippen molar-refractivity contribution in [3.63, 3.8) is 0 Å². The number of rotatable bonds is 2. The van der Waals surface area contributed by atoms with Crippen molar-refractivity contribution in [3.8, 4) is 0 Å². The van der Waals surface area contributed by atoms with Crippen LogP contribution in [0.3, 0.4) is 0 Å². The van der Waals surface area contributed by atoms with E-state index in [0.29, 0.717) is 22.8 Å². The van der Waals surface area contributed by atoms with Gasteiger partial charge in [0.05, 0.1) is 4.90 Å². The third-order valence-corrected chi connectivity index (χ3v) is 6.05. The maximum absolute atomic E-state index is 12.7. The van der Waals surface area contributed by atoms with Crippen LogP contribution in [-0.2, 0) is 10.0 Å². The van der Waals surface area contributed by atoms with Crippen molar-refractivity contribution in [2.45, 2.75) is 44.0 Å². The van der Waals surface area contributed by atoms with Crippen LogP contribution in [0, 0.1) is 6.92 Å². The number of hydrogen-bond acceptors (Lipinski definition) is 3. The first-order chi connectivity index (χ1) is 8.84. The number of nitrogens with zero attached hydrogens (tertiary/aromatic N) is 1. The monoisotopic (exact) mass is 302 g/mol. The molecule has 0 aromatic heterocycles. The summed E-state index contributed by atoms with van der Waals surface area (Å²) in [4.78, 5) is 0.228. The molecule has 1 aromatic carbocycles. The maximum Gasteiger partial charge on any atom is 0.243 e. The summed E-state index contributed by atoms with van der Waals surface area (Å²) >= 11 is 5.94. The zero-order valence-corrected chi connectivity index (χ0v) is 12.8.